The molecule has 24 radical (unpaired) electrons. The number of hydrogen-bond donors (Lipinski definition) is 0. The van der Waals surface area contributed by atoms with Crippen LogP contribution in [0.2, 0.25) is 62.4 Å². The maximum atomic E-state index is 6.64. The molecule has 0 N–H and O–H groups in total. The number of hydrogen-bond acceptors (Lipinski definition) is 2. The molecule has 35 heavy (non-hydrogen) atoms. The van der Waals surface area contributed by atoms with Crippen molar-refractivity contribution < 1.29 is 8.23 Å². The summed E-state index contributed by atoms with van der Waals surface area (Å²) in [6, 6.07) is 0. The van der Waals surface area contributed by atoms with E-state index in [1.807, 2.05) is 14.3 Å². The van der Waals surface area contributed by atoms with Gasteiger partial charge in [-0.2, -0.15) is 0 Å². The molecule has 0 fully saturated rings. The summed E-state index contributed by atoms with van der Waals surface area (Å²) in [5.41, 5.74) is -0.735. The molecule has 25 heteroatoms. The average molecular weight is 477 g/mol. The zero-order valence-electron chi connectivity index (χ0n) is 22.4. The van der Waals surface area contributed by atoms with Crippen molar-refractivity contribution in [2.45, 2.75) is 62.4 Å². The van der Waals surface area contributed by atoms with Crippen molar-refractivity contribution in [2.75, 3.05) is 0 Å². The molecule has 0 amide bonds. The van der Waals surface area contributed by atoms with Gasteiger partial charge >= 0.3 is 8.56 Å². The molecule has 2 nitrogen and oxygen atoms in total. The Morgan fingerprint density at radius 1 is 0.571 bits per heavy atom. The number of rotatable bonds is 18. The summed E-state index contributed by atoms with van der Waals surface area (Å²) in [6.45, 7) is 9.47. The largest absolute Gasteiger partial charge is 0.437 e. The molecule has 0 saturated heterocycles. The van der Waals surface area contributed by atoms with Gasteiger partial charge in [-0.15, -0.1) is 11.2 Å². The quantitative estimate of drug-likeness (QED) is 0.189. The van der Waals surface area contributed by atoms with Crippen LogP contribution in [0.25, 0.3) is 0 Å². The third-order valence-electron chi connectivity index (χ3n) is 5.92. The van der Waals surface area contributed by atoms with Crippen LogP contribution in [-0.2, 0) is 8.23 Å². The highest BCUT2D eigenvalue weighted by Crippen LogP contribution is 2.25. The maximum absolute atomic E-state index is 6.64. The van der Waals surface area contributed by atoms with Gasteiger partial charge in [-0.1, -0.05) is 11.9 Å². The first-order chi connectivity index (χ1) is 15.8. The molecular formula is C10H24B20O2Si3. The first-order valence-electron chi connectivity index (χ1n) is 12.0. The topological polar surface area (TPSA) is 18.5 Å². The first-order valence-corrected chi connectivity index (χ1v) is 21.1. The molecule has 0 spiro atoms. The highest BCUT2D eigenvalue weighted by molar-refractivity contribution is 7.60. The van der Waals surface area contributed by atoms with E-state index in [1.54, 1.807) is 0 Å². The van der Waals surface area contributed by atoms with Crippen LogP contribution in [0.5, 0.6) is 0 Å². The summed E-state index contributed by atoms with van der Waals surface area (Å²) in [5, 5.41) is 0. The summed E-state index contributed by atoms with van der Waals surface area (Å²) in [6.07, 6.45) is 0. The Labute approximate surface area is 239 Å². The smallest absolute Gasteiger partial charge is 0.311 e. The fourth-order valence-electron chi connectivity index (χ4n) is 4.39. The minimum atomic E-state index is -2.47. The van der Waals surface area contributed by atoms with E-state index in [0.29, 0.717) is 11.9 Å². The van der Waals surface area contributed by atoms with Crippen LogP contribution in [0.3, 0.4) is 0 Å². The molecule has 148 valence electrons. The molecule has 0 aromatic heterocycles. The minimum Gasteiger partial charge on any atom is -0.437 e. The average Bonchev–Trinajstić information content (AvgIpc) is 2.68. The summed E-state index contributed by atoms with van der Waals surface area (Å²) in [5.74, 6) is 1.38. The summed E-state index contributed by atoms with van der Waals surface area (Å²) in [4.78, 5) is 0. The summed E-state index contributed by atoms with van der Waals surface area (Å²) >= 11 is 0. The fourth-order valence-corrected chi connectivity index (χ4v) is 17.9. The van der Waals surface area contributed by atoms with Gasteiger partial charge in [0.25, 0.3) is 0 Å². The molecule has 0 aliphatic carbocycles. The zero-order valence-corrected chi connectivity index (χ0v) is 25.4. The van der Waals surface area contributed by atoms with Gasteiger partial charge in [-0.25, -0.2) is 0 Å². The van der Waals surface area contributed by atoms with Crippen molar-refractivity contribution in [2.24, 2.45) is 0 Å². The van der Waals surface area contributed by atoms with Crippen molar-refractivity contribution >= 4 is 170 Å². The van der Waals surface area contributed by atoms with Crippen LogP contribution in [0.1, 0.15) is 0 Å². The van der Waals surface area contributed by atoms with Crippen LogP contribution in [-0.4, -0.2) is 170 Å². The predicted molar refractivity (Wildman–Crippen MR) is 187 cm³/mol. The molecule has 0 rings (SSSR count). The highest BCUT2D eigenvalue weighted by Gasteiger charge is 2.41. The Morgan fingerprint density at radius 3 is 1.09 bits per heavy atom. The van der Waals surface area contributed by atoms with Crippen molar-refractivity contribution in [1.29, 1.82) is 0 Å². The maximum Gasteiger partial charge on any atom is 0.311 e. The Morgan fingerprint density at radius 2 is 0.857 bits per heavy atom. The van der Waals surface area contributed by atoms with Gasteiger partial charge in [-0.3, -0.25) is 0 Å². The fraction of sp³-hybridized carbons (Fsp3) is 1.00. The lowest BCUT2D eigenvalue weighted by Crippen LogP contribution is -2.56. The van der Waals surface area contributed by atoms with Crippen molar-refractivity contribution in [3.05, 3.63) is 0 Å². The van der Waals surface area contributed by atoms with Crippen LogP contribution >= 0.6 is 0 Å². The molecule has 2 unspecified atom stereocenters. The Hall–Kier alpha value is 1.87. The highest BCUT2D eigenvalue weighted by atomic mass is 28.5. The SMILES string of the molecule is [B][B]B([B])C(B([B])[B])B([B])[B]C[Si](C)(C)O[Si](C)(C)O[Si](C)(C)C[B]B([B])C(B([B])[B])B([B])[B][B]. The van der Waals surface area contributed by atoms with Gasteiger partial charge in [0, 0.05) is 130 Å². The van der Waals surface area contributed by atoms with Gasteiger partial charge < -0.3 is 8.23 Å². The second kappa shape index (κ2) is 16.2. The van der Waals surface area contributed by atoms with Crippen LogP contribution < -0.4 is 0 Å². The van der Waals surface area contributed by atoms with Crippen molar-refractivity contribution in [3.8, 4) is 0 Å². The third-order valence-corrected chi connectivity index (χ3v) is 16.7. The molecule has 0 aromatic carbocycles. The normalized spacial score (nSPS) is 13.7. The van der Waals surface area contributed by atoms with Crippen LogP contribution in [0, 0.1) is 0 Å². The van der Waals surface area contributed by atoms with Gasteiger partial charge in [0.05, 0.1) is 14.3 Å². The van der Waals surface area contributed by atoms with Gasteiger partial charge in [0.1, 0.15) is 0 Å². The van der Waals surface area contributed by atoms with E-state index in [1.165, 1.54) is 14.1 Å². The Bertz CT molecular complexity index is 553. The molecule has 0 aliphatic heterocycles. The van der Waals surface area contributed by atoms with E-state index in [0.717, 1.165) is 0 Å². The molecular weight excluding hydrogens is 453 g/mol. The van der Waals surface area contributed by atoms with E-state index in [2.05, 4.69) is 39.3 Å². The van der Waals surface area contributed by atoms with Crippen LogP contribution in [0.15, 0.2) is 0 Å². The van der Waals surface area contributed by atoms with Gasteiger partial charge in [0.15, 0.2) is 16.6 Å². The van der Waals surface area contributed by atoms with E-state index in [4.69, 9.17) is 85.6 Å². The van der Waals surface area contributed by atoms with E-state index < -0.39 is 64.2 Å². The lowest BCUT2D eigenvalue weighted by Gasteiger charge is -2.40. The zero-order chi connectivity index (χ0) is 27.8. The van der Waals surface area contributed by atoms with Crippen molar-refractivity contribution in [3.63, 3.8) is 0 Å². The van der Waals surface area contributed by atoms with Gasteiger partial charge in [0.2, 0.25) is 0 Å². The first kappa shape index (κ1) is 36.9. The van der Waals surface area contributed by atoms with E-state index in [9.17, 15) is 0 Å². The molecule has 0 aliphatic rings. The third kappa shape index (κ3) is 14.2. The monoisotopic (exact) mass is 480 g/mol. The lowest BCUT2D eigenvalue weighted by molar-refractivity contribution is 0.393. The second-order valence-corrected chi connectivity index (χ2v) is 23.3. The Kier molecular flexibility index (Phi) is 17.1. The molecule has 0 bridgehead atoms. The minimum absolute atomic E-state index is 0.368. The van der Waals surface area contributed by atoms with Crippen LogP contribution in [0.4, 0.5) is 0 Å². The van der Waals surface area contributed by atoms with E-state index >= 15 is 0 Å². The van der Waals surface area contributed by atoms with E-state index in [-0.39, 0.29) is 11.2 Å². The van der Waals surface area contributed by atoms with Gasteiger partial charge in [-0.05, 0) is 39.3 Å². The standard InChI is InChI=1S/C10H24B20O2Si3/c1-33(2,7-21-27(17)9(25(13)14)29(19)23-11)31-35(5,6)32-34(3,4)8-22-28(18)10(26(15)16)30(20)24-12/h9-10H,7-8H2,1-6H3. The molecule has 0 heterocycles. The van der Waals surface area contributed by atoms with Crippen molar-refractivity contribution in [1.82, 2.24) is 0 Å². The molecule has 0 aromatic rings. The lowest BCUT2D eigenvalue weighted by atomic mass is 8.80. The predicted octanol–water partition coefficient (Wildman–Crippen LogP) is -3.80. The summed E-state index contributed by atoms with van der Waals surface area (Å²) < 4.78 is 13.3. The Balaban J connectivity index is 5.04. The molecule has 2 atom stereocenters. The summed E-state index contributed by atoms with van der Waals surface area (Å²) in [7, 11) is 59.4. The molecule has 0 saturated carbocycles. The second-order valence-electron chi connectivity index (χ2n) is 11.0.